The molecule has 0 N–H and O–H groups in total. The highest BCUT2D eigenvalue weighted by molar-refractivity contribution is 7.88. The zero-order chi connectivity index (χ0) is 37.0. The lowest BCUT2D eigenvalue weighted by atomic mass is 10.1. The maximum absolute atomic E-state index is 13.8. The van der Waals surface area contributed by atoms with E-state index < -0.39 is 21.4 Å². The summed E-state index contributed by atoms with van der Waals surface area (Å²) in [7, 11) is -5.99. The molecule has 2 aromatic heterocycles. The second-order valence-corrected chi connectivity index (χ2v) is 16.2. The Morgan fingerprint density at radius 1 is 0.463 bits per heavy atom. The molecule has 0 aliphatic heterocycles. The van der Waals surface area contributed by atoms with Crippen molar-refractivity contribution in [2.45, 2.75) is 5.51 Å². The number of anilines is 6. The molecular formula is C43H27F3N2O3S3. The molecule has 0 saturated carbocycles. The Balaban J connectivity index is 1.31. The van der Waals surface area contributed by atoms with Gasteiger partial charge < -0.3 is 14.0 Å². The van der Waals surface area contributed by atoms with E-state index in [4.69, 9.17) is 4.18 Å². The SMILES string of the molecule is O=S(=O)(Oc1cc(N(c2ccccc2)c2ccc3sc4ccccc4c3c2)c2sc3ccc(N(c4ccccc4)c4ccccc4)cc3c2c1)C(F)(F)F. The first-order valence-corrected chi connectivity index (χ1v) is 19.9. The molecule has 2 heterocycles. The lowest BCUT2D eigenvalue weighted by Gasteiger charge is -2.27. The highest BCUT2D eigenvalue weighted by atomic mass is 32.2. The molecule has 0 bridgehead atoms. The lowest BCUT2D eigenvalue weighted by Crippen LogP contribution is -2.28. The summed E-state index contributed by atoms with van der Waals surface area (Å²) < 4.78 is 75.1. The number of nitrogens with zero attached hydrogens (tertiary/aromatic N) is 2. The quantitative estimate of drug-likeness (QED) is 0.114. The molecule has 5 nitrogen and oxygen atoms in total. The molecule has 54 heavy (non-hydrogen) atoms. The third-order valence-electron chi connectivity index (χ3n) is 9.16. The van der Waals surface area contributed by atoms with E-state index in [2.05, 4.69) is 23.1 Å². The van der Waals surface area contributed by atoms with E-state index in [1.807, 2.05) is 138 Å². The Labute approximate surface area is 316 Å². The van der Waals surface area contributed by atoms with Crippen LogP contribution in [0.1, 0.15) is 0 Å². The first-order chi connectivity index (χ1) is 26.1. The average molecular weight is 773 g/mol. The Kier molecular flexibility index (Phi) is 8.30. The van der Waals surface area contributed by atoms with E-state index in [1.54, 1.807) is 11.3 Å². The Hall–Kier alpha value is -5.88. The number of halogens is 3. The smallest absolute Gasteiger partial charge is 0.376 e. The molecule has 266 valence electrons. The highest BCUT2D eigenvalue weighted by Gasteiger charge is 2.48. The van der Waals surface area contributed by atoms with Crippen molar-refractivity contribution in [2.24, 2.45) is 0 Å². The van der Waals surface area contributed by atoms with E-state index in [1.165, 1.54) is 23.5 Å². The van der Waals surface area contributed by atoms with Gasteiger partial charge in [-0.05, 0) is 84.9 Å². The van der Waals surface area contributed by atoms with Crippen molar-refractivity contribution in [1.82, 2.24) is 0 Å². The number of thiophene rings is 2. The minimum Gasteiger partial charge on any atom is -0.376 e. The molecule has 0 amide bonds. The number of para-hydroxylation sites is 3. The van der Waals surface area contributed by atoms with E-state index in [0.717, 1.165) is 63.4 Å². The van der Waals surface area contributed by atoms with Crippen molar-refractivity contribution in [3.8, 4) is 5.75 Å². The number of fused-ring (bicyclic) bond motifs is 6. The molecule has 11 heteroatoms. The first-order valence-electron chi connectivity index (χ1n) is 16.8. The first kappa shape index (κ1) is 33.9. The van der Waals surface area contributed by atoms with Gasteiger partial charge in [-0.2, -0.15) is 21.6 Å². The molecule has 9 rings (SSSR count). The Bertz CT molecular complexity index is 2890. The zero-order valence-corrected chi connectivity index (χ0v) is 30.5. The topological polar surface area (TPSA) is 49.9 Å². The summed E-state index contributed by atoms with van der Waals surface area (Å²) in [4.78, 5) is 4.03. The van der Waals surface area contributed by atoms with Crippen molar-refractivity contribution in [3.05, 3.63) is 164 Å². The van der Waals surface area contributed by atoms with Crippen LogP contribution in [0.4, 0.5) is 47.3 Å². The minimum atomic E-state index is -5.99. The van der Waals surface area contributed by atoms with Gasteiger partial charge in [0.2, 0.25) is 0 Å². The number of hydrogen-bond acceptors (Lipinski definition) is 7. The standard InChI is InChI=1S/C43H27F3N2O3S3/c44-43(45,46)54(49,50)51-33-26-37-36-24-31(47(28-12-4-1-5-13-28)29-14-6-2-7-15-29)20-23-41(36)53-42(37)38(27-33)48(30-16-8-3-9-17-30)32-21-22-40-35(25-32)34-18-10-11-19-39(34)52-40/h1-27H. The number of benzene rings is 7. The summed E-state index contributed by atoms with van der Waals surface area (Å²) >= 11 is 3.15. The van der Waals surface area contributed by atoms with Crippen LogP contribution >= 0.6 is 22.7 Å². The van der Waals surface area contributed by atoms with Crippen molar-refractivity contribution in [1.29, 1.82) is 0 Å². The van der Waals surface area contributed by atoms with Gasteiger partial charge in [0.05, 0.1) is 10.4 Å². The van der Waals surface area contributed by atoms with Gasteiger partial charge in [0.1, 0.15) is 5.75 Å². The van der Waals surface area contributed by atoms with Gasteiger partial charge in [0.25, 0.3) is 0 Å². The fourth-order valence-electron chi connectivity index (χ4n) is 6.81. The van der Waals surface area contributed by atoms with Crippen LogP contribution in [-0.4, -0.2) is 13.9 Å². The minimum absolute atomic E-state index is 0.453. The summed E-state index contributed by atoms with van der Waals surface area (Å²) in [6, 6.07) is 52.1. The molecule has 0 atom stereocenters. The average Bonchev–Trinajstić information content (AvgIpc) is 3.74. The molecular weight excluding hydrogens is 746 g/mol. The van der Waals surface area contributed by atoms with Gasteiger partial charge in [-0.25, -0.2) is 0 Å². The van der Waals surface area contributed by atoms with E-state index in [0.29, 0.717) is 11.1 Å². The molecule has 0 spiro atoms. The predicted molar refractivity (Wildman–Crippen MR) is 217 cm³/mol. The maximum Gasteiger partial charge on any atom is 0.534 e. The van der Waals surface area contributed by atoms with Crippen LogP contribution in [0.2, 0.25) is 0 Å². The largest absolute Gasteiger partial charge is 0.534 e. The third kappa shape index (κ3) is 6.00. The van der Waals surface area contributed by atoms with Crippen LogP contribution in [0.5, 0.6) is 5.75 Å². The Morgan fingerprint density at radius 3 is 1.54 bits per heavy atom. The van der Waals surface area contributed by atoms with Crippen molar-refractivity contribution in [2.75, 3.05) is 9.80 Å². The molecule has 0 radical (unpaired) electrons. The summed E-state index contributed by atoms with van der Waals surface area (Å²) in [6.07, 6.45) is 0. The van der Waals surface area contributed by atoms with Crippen LogP contribution < -0.4 is 14.0 Å². The zero-order valence-electron chi connectivity index (χ0n) is 28.1. The van der Waals surface area contributed by atoms with Crippen molar-refractivity contribution >= 4 is 107 Å². The third-order valence-corrected chi connectivity index (χ3v) is 12.5. The van der Waals surface area contributed by atoms with Crippen LogP contribution in [-0.2, 0) is 10.1 Å². The van der Waals surface area contributed by atoms with Gasteiger partial charge in [-0.15, -0.1) is 22.7 Å². The summed E-state index contributed by atoms with van der Waals surface area (Å²) in [5, 5.41) is 3.39. The number of rotatable bonds is 8. The highest BCUT2D eigenvalue weighted by Crippen LogP contribution is 2.49. The van der Waals surface area contributed by atoms with Crippen LogP contribution in [0, 0.1) is 0 Å². The second-order valence-electron chi connectivity index (χ2n) is 12.5. The van der Waals surface area contributed by atoms with E-state index in [9.17, 15) is 21.6 Å². The fraction of sp³-hybridized carbons (Fsp3) is 0.0233. The van der Waals surface area contributed by atoms with Crippen LogP contribution in [0.3, 0.4) is 0 Å². The lowest BCUT2D eigenvalue weighted by molar-refractivity contribution is -0.0500. The molecule has 7 aromatic carbocycles. The normalized spacial score (nSPS) is 12.1. The predicted octanol–water partition coefficient (Wildman–Crippen LogP) is 13.6. The van der Waals surface area contributed by atoms with Gasteiger partial charge in [0.15, 0.2) is 0 Å². The molecule has 0 aliphatic rings. The molecule has 0 unspecified atom stereocenters. The molecule has 9 aromatic rings. The van der Waals surface area contributed by atoms with Crippen LogP contribution in [0.15, 0.2) is 164 Å². The van der Waals surface area contributed by atoms with E-state index in [-0.39, 0.29) is 0 Å². The fourth-order valence-corrected chi connectivity index (χ4v) is 9.51. The molecule has 0 fully saturated rings. The van der Waals surface area contributed by atoms with Crippen molar-refractivity contribution < 1.29 is 25.8 Å². The van der Waals surface area contributed by atoms with Gasteiger partial charge in [0, 0.05) is 70.1 Å². The van der Waals surface area contributed by atoms with E-state index >= 15 is 0 Å². The summed E-state index contributed by atoms with van der Waals surface area (Å²) in [5.41, 5.74) is -1.05. The van der Waals surface area contributed by atoms with Crippen molar-refractivity contribution in [3.63, 3.8) is 0 Å². The summed E-state index contributed by atoms with van der Waals surface area (Å²) in [6.45, 7) is 0. The van der Waals surface area contributed by atoms with Gasteiger partial charge in [-0.1, -0.05) is 72.8 Å². The molecule has 0 saturated heterocycles. The number of hydrogen-bond donors (Lipinski definition) is 0. The van der Waals surface area contributed by atoms with Crippen LogP contribution in [0.25, 0.3) is 40.3 Å². The molecule has 0 aliphatic carbocycles. The Morgan fingerprint density at radius 2 is 0.944 bits per heavy atom. The number of alkyl halides is 3. The van der Waals surface area contributed by atoms with Gasteiger partial charge >= 0.3 is 15.6 Å². The summed E-state index contributed by atoms with van der Waals surface area (Å²) in [5.74, 6) is -0.453. The monoisotopic (exact) mass is 772 g/mol. The second kappa shape index (κ2) is 13.2. The van der Waals surface area contributed by atoms with Gasteiger partial charge in [-0.3, -0.25) is 0 Å². The maximum atomic E-state index is 13.8.